The number of hydrogen-bond donors (Lipinski definition) is 0. The Morgan fingerprint density at radius 2 is 1.85 bits per heavy atom. The minimum absolute atomic E-state index is 0.0390. The quantitative estimate of drug-likeness (QED) is 0.760. The number of fused-ring (bicyclic) bond motifs is 2. The molecule has 4 atom stereocenters. The first kappa shape index (κ1) is 14.5. The second-order valence-electron chi connectivity index (χ2n) is 6.94. The zero-order valence-electron chi connectivity index (χ0n) is 12.3. The molecule has 6 heteroatoms. The average molecular weight is 301 g/mol. The van der Waals surface area contributed by atoms with E-state index < -0.39 is 15.3 Å². The zero-order valence-corrected chi connectivity index (χ0v) is 13.1. The lowest BCUT2D eigenvalue weighted by Crippen LogP contribution is -2.53. The van der Waals surface area contributed by atoms with Crippen LogP contribution >= 0.6 is 0 Å². The standard InChI is InChI=1S/C14H23NO4S/c1-9-10-8-11(14(9,2)3)13(12(10)16)20(17,18)15-4-6-19-7-5-15/h9-11,13H,4-8H2,1-3H3/t9-,10-,11+,13-/m1/s1. The fourth-order valence-corrected chi connectivity index (χ4v) is 6.56. The smallest absolute Gasteiger partial charge is 0.224 e. The monoisotopic (exact) mass is 301 g/mol. The van der Waals surface area contributed by atoms with E-state index in [4.69, 9.17) is 4.74 Å². The molecule has 2 saturated carbocycles. The van der Waals surface area contributed by atoms with Crippen LogP contribution in [0.4, 0.5) is 0 Å². The van der Waals surface area contributed by atoms with Gasteiger partial charge in [0, 0.05) is 19.0 Å². The van der Waals surface area contributed by atoms with E-state index in [0.29, 0.717) is 26.3 Å². The van der Waals surface area contributed by atoms with Crippen LogP contribution in [0.15, 0.2) is 0 Å². The molecule has 0 unspecified atom stereocenters. The molecule has 0 radical (unpaired) electrons. The topological polar surface area (TPSA) is 63.7 Å². The third-order valence-corrected chi connectivity index (χ3v) is 8.19. The summed E-state index contributed by atoms with van der Waals surface area (Å²) in [7, 11) is -3.53. The molecule has 0 aromatic heterocycles. The fourth-order valence-electron chi connectivity index (χ4n) is 4.24. The highest BCUT2D eigenvalue weighted by atomic mass is 32.2. The summed E-state index contributed by atoms with van der Waals surface area (Å²) in [6, 6.07) is 0. The molecule has 0 aromatic rings. The maximum absolute atomic E-state index is 12.8. The van der Waals surface area contributed by atoms with Gasteiger partial charge in [0.15, 0.2) is 5.78 Å². The Morgan fingerprint density at radius 3 is 2.40 bits per heavy atom. The van der Waals surface area contributed by atoms with Gasteiger partial charge in [0.25, 0.3) is 0 Å². The SMILES string of the molecule is C[C@@H]1[C@H]2C[C@@H]([C@@H](S(=O)(=O)N3CCOCC3)C2=O)C1(C)C. The van der Waals surface area contributed by atoms with Crippen LogP contribution in [0.25, 0.3) is 0 Å². The van der Waals surface area contributed by atoms with Crippen LogP contribution < -0.4 is 0 Å². The number of nitrogens with zero attached hydrogens (tertiary/aromatic N) is 1. The second-order valence-corrected chi connectivity index (χ2v) is 8.99. The molecular formula is C14H23NO4S. The van der Waals surface area contributed by atoms with Crippen LogP contribution in [-0.2, 0) is 19.6 Å². The molecule has 3 aliphatic rings. The number of carbonyl (C=O) groups is 1. The predicted octanol–water partition coefficient (Wildman–Crippen LogP) is 0.898. The van der Waals surface area contributed by atoms with Gasteiger partial charge in [-0.15, -0.1) is 0 Å². The highest BCUT2D eigenvalue weighted by molar-refractivity contribution is 7.90. The van der Waals surface area contributed by atoms with E-state index in [0.717, 1.165) is 6.42 Å². The number of ether oxygens (including phenoxy) is 1. The molecule has 5 nitrogen and oxygen atoms in total. The van der Waals surface area contributed by atoms with E-state index in [2.05, 4.69) is 20.8 Å². The Labute approximate surface area is 120 Å². The van der Waals surface area contributed by atoms with Gasteiger partial charge in [0.05, 0.1) is 13.2 Å². The molecule has 0 aromatic carbocycles. The molecule has 0 N–H and O–H groups in total. The van der Waals surface area contributed by atoms with Crippen molar-refractivity contribution in [3.8, 4) is 0 Å². The molecule has 20 heavy (non-hydrogen) atoms. The lowest BCUT2D eigenvalue weighted by atomic mass is 9.69. The first-order valence-electron chi connectivity index (χ1n) is 7.38. The van der Waals surface area contributed by atoms with Crippen LogP contribution in [0.3, 0.4) is 0 Å². The maximum atomic E-state index is 12.8. The molecule has 2 aliphatic carbocycles. The molecular weight excluding hydrogens is 278 g/mol. The third-order valence-electron chi connectivity index (χ3n) is 5.90. The Hall–Kier alpha value is -0.460. The summed E-state index contributed by atoms with van der Waals surface area (Å²) < 4.78 is 32.3. The lowest BCUT2D eigenvalue weighted by Gasteiger charge is -2.41. The van der Waals surface area contributed by atoms with Crippen LogP contribution in [0.1, 0.15) is 27.2 Å². The van der Waals surface area contributed by atoms with Crippen molar-refractivity contribution in [2.75, 3.05) is 26.3 Å². The first-order valence-corrected chi connectivity index (χ1v) is 8.88. The minimum Gasteiger partial charge on any atom is -0.379 e. The van der Waals surface area contributed by atoms with Crippen molar-refractivity contribution in [2.45, 2.75) is 32.4 Å². The Bertz CT molecular complexity index is 521. The normalized spacial score (nSPS) is 41.2. The van der Waals surface area contributed by atoms with Gasteiger partial charge in [-0.1, -0.05) is 20.8 Å². The maximum Gasteiger partial charge on any atom is 0.224 e. The van der Waals surface area contributed by atoms with Crippen molar-refractivity contribution >= 4 is 15.8 Å². The fraction of sp³-hybridized carbons (Fsp3) is 0.929. The highest BCUT2D eigenvalue weighted by Gasteiger charge is 2.64. The molecule has 3 fully saturated rings. The Balaban J connectivity index is 1.93. The van der Waals surface area contributed by atoms with Gasteiger partial charge in [-0.05, 0) is 23.7 Å². The van der Waals surface area contributed by atoms with E-state index in [-0.39, 0.29) is 29.0 Å². The van der Waals surface area contributed by atoms with Gasteiger partial charge in [-0.25, -0.2) is 8.42 Å². The third kappa shape index (κ3) is 1.81. The largest absolute Gasteiger partial charge is 0.379 e. The summed E-state index contributed by atoms with van der Waals surface area (Å²) in [5, 5.41) is -0.822. The van der Waals surface area contributed by atoms with Gasteiger partial charge in [0.2, 0.25) is 10.0 Å². The molecule has 0 spiro atoms. The van der Waals surface area contributed by atoms with Crippen molar-refractivity contribution < 1.29 is 17.9 Å². The number of hydrogen-bond acceptors (Lipinski definition) is 4. The number of rotatable bonds is 2. The number of Topliss-reactive ketones (excluding diaryl/α,β-unsaturated/α-hetero) is 1. The van der Waals surface area contributed by atoms with Crippen molar-refractivity contribution in [3.05, 3.63) is 0 Å². The number of carbonyl (C=O) groups excluding carboxylic acids is 1. The summed E-state index contributed by atoms with van der Waals surface area (Å²) >= 11 is 0. The summed E-state index contributed by atoms with van der Waals surface area (Å²) in [6.07, 6.45) is 0.737. The number of ketones is 1. The van der Waals surface area contributed by atoms with Crippen LogP contribution in [-0.4, -0.2) is 50.1 Å². The van der Waals surface area contributed by atoms with Crippen LogP contribution in [0.2, 0.25) is 0 Å². The second kappa shape index (κ2) is 4.52. The number of sulfonamides is 1. The van der Waals surface area contributed by atoms with Crippen molar-refractivity contribution in [3.63, 3.8) is 0 Å². The van der Waals surface area contributed by atoms with Gasteiger partial charge in [0.1, 0.15) is 5.25 Å². The minimum atomic E-state index is -3.53. The van der Waals surface area contributed by atoms with E-state index in [1.807, 2.05) is 0 Å². The molecule has 1 aliphatic heterocycles. The van der Waals surface area contributed by atoms with Crippen molar-refractivity contribution in [1.82, 2.24) is 4.31 Å². The first-order chi connectivity index (χ1) is 9.28. The highest BCUT2D eigenvalue weighted by Crippen LogP contribution is 2.59. The Kier molecular flexibility index (Phi) is 3.27. The van der Waals surface area contributed by atoms with E-state index >= 15 is 0 Å². The number of morpholine rings is 1. The molecule has 114 valence electrons. The van der Waals surface area contributed by atoms with Gasteiger partial charge >= 0.3 is 0 Å². The zero-order chi connectivity index (χ0) is 14.7. The molecule has 3 rings (SSSR count). The van der Waals surface area contributed by atoms with Crippen molar-refractivity contribution in [2.24, 2.45) is 23.2 Å². The molecule has 2 bridgehead atoms. The van der Waals surface area contributed by atoms with E-state index in [1.54, 1.807) is 0 Å². The van der Waals surface area contributed by atoms with Gasteiger partial charge in [-0.3, -0.25) is 4.79 Å². The summed E-state index contributed by atoms with van der Waals surface area (Å²) in [5.74, 6) is 0.114. The Morgan fingerprint density at radius 1 is 1.25 bits per heavy atom. The van der Waals surface area contributed by atoms with E-state index in [1.165, 1.54) is 4.31 Å². The molecule has 1 saturated heterocycles. The summed E-state index contributed by atoms with van der Waals surface area (Å²) in [5.41, 5.74) is -0.0808. The average Bonchev–Trinajstić information content (AvgIpc) is 2.86. The molecule has 0 amide bonds. The summed E-state index contributed by atoms with van der Waals surface area (Å²) in [4.78, 5) is 12.5. The summed E-state index contributed by atoms with van der Waals surface area (Å²) in [6.45, 7) is 7.90. The lowest BCUT2D eigenvalue weighted by molar-refractivity contribution is -0.125. The van der Waals surface area contributed by atoms with Crippen LogP contribution in [0, 0.1) is 23.2 Å². The van der Waals surface area contributed by atoms with E-state index in [9.17, 15) is 13.2 Å². The van der Waals surface area contributed by atoms with Crippen molar-refractivity contribution in [1.29, 1.82) is 0 Å². The predicted molar refractivity (Wildman–Crippen MR) is 74.6 cm³/mol. The van der Waals surface area contributed by atoms with Gasteiger partial charge < -0.3 is 4.74 Å². The van der Waals surface area contributed by atoms with Crippen LogP contribution in [0.5, 0.6) is 0 Å². The van der Waals surface area contributed by atoms with Gasteiger partial charge in [-0.2, -0.15) is 4.31 Å². The molecule has 1 heterocycles.